The van der Waals surface area contributed by atoms with E-state index in [0.29, 0.717) is 5.56 Å². The molecule has 0 saturated heterocycles. The topological polar surface area (TPSA) is 120 Å². The first kappa shape index (κ1) is 15.1. The summed E-state index contributed by atoms with van der Waals surface area (Å²) in [5.41, 5.74) is 0.633. The van der Waals surface area contributed by atoms with Crippen LogP contribution in [0.1, 0.15) is 23.1 Å². The van der Waals surface area contributed by atoms with Crippen molar-refractivity contribution in [3.63, 3.8) is 0 Å². The van der Waals surface area contributed by atoms with Crippen LogP contribution in [0.5, 0.6) is 34.5 Å². The predicted octanol–water partition coefficient (Wildman–Crippen LogP) is 1.73. The molecule has 1 aliphatic rings. The Kier molecular flexibility index (Phi) is 3.57. The van der Waals surface area contributed by atoms with E-state index >= 15 is 0 Å². The molecule has 0 aromatic heterocycles. The van der Waals surface area contributed by atoms with Crippen molar-refractivity contribution in [3.05, 3.63) is 35.4 Å². The lowest BCUT2D eigenvalue weighted by Crippen LogP contribution is -2.24. The Bertz CT molecular complexity index is 757. The Morgan fingerprint density at radius 1 is 1.00 bits per heavy atom. The fourth-order valence-corrected chi connectivity index (χ4v) is 2.77. The minimum absolute atomic E-state index is 0.0313. The summed E-state index contributed by atoms with van der Waals surface area (Å²) in [6.07, 6.45) is -1.14. The second kappa shape index (κ2) is 5.44. The van der Waals surface area contributed by atoms with Gasteiger partial charge in [-0.2, -0.15) is 0 Å². The maximum Gasteiger partial charge on any atom is 0.203 e. The maximum atomic E-state index is 10.6. The van der Waals surface area contributed by atoms with E-state index in [-0.39, 0.29) is 46.7 Å². The smallest absolute Gasteiger partial charge is 0.203 e. The summed E-state index contributed by atoms with van der Waals surface area (Å²) in [7, 11) is 1.34. The molecule has 0 radical (unpaired) electrons. The molecule has 0 fully saturated rings. The number of hydrogen-bond donors (Lipinski definition) is 5. The lowest BCUT2D eigenvalue weighted by Gasteiger charge is -2.32. The van der Waals surface area contributed by atoms with Crippen LogP contribution < -0.4 is 9.47 Å². The molecule has 122 valence electrons. The van der Waals surface area contributed by atoms with E-state index in [2.05, 4.69) is 0 Å². The van der Waals surface area contributed by atoms with Gasteiger partial charge in [0.15, 0.2) is 23.0 Å². The molecular formula is C16H16O7. The van der Waals surface area contributed by atoms with Gasteiger partial charge in [0.1, 0.15) is 5.75 Å². The predicted molar refractivity (Wildman–Crippen MR) is 79.3 cm³/mol. The van der Waals surface area contributed by atoms with Gasteiger partial charge in [0.05, 0.1) is 25.4 Å². The minimum Gasteiger partial charge on any atom is -0.507 e. The minimum atomic E-state index is -1.14. The number of methoxy groups -OCH3 is 1. The lowest BCUT2D eigenvalue weighted by molar-refractivity contribution is 0.0833. The summed E-state index contributed by atoms with van der Waals surface area (Å²) in [6, 6.07) is 5.25. The molecule has 7 nitrogen and oxygen atoms in total. The summed E-state index contributed by atoms with van der Waals surface area (Å²) in [6.45, 7) is 0.0393. The average molecular weight is 320 g/mol. The molecule has 0 bridgehead atoms. The quantitative estimate of drug-likeness (QED) is 0.534. The third kappa shape index (κ3) is 2.35. The Morgan fingerprint density at radius 3 is 2.39 bits per heavy atom. The number of phenolic OH excluding ortho intramolecular Hbond substituents is 4. The number of aliphatic hydroxyl groups is 1. The molecule has 2 aromatic carbocycles. The van der Waals surface area contributed by atoms with Gasteiger partial charge in [0.2, 0.25) is 5.75 Å². The van der Waals surface area contributed by atoms with Crippen molar-refractivity contribution in [1.29, 1.82) is 0 Å². The molecule has 2 unspecified atom stereocenters. The van der Waals surface area contributed by atoms with E-state index in [1.165, 1.54) is 19.2 Å². The molecule has 0 spiro atoms. The first-order chi connectivity index (χ1) is 10.9. The highest BCUT2D eigenvalue weighted by molar-refractivity contribution is 5.63. The van der Waals surface area contributed by atoms with E-state index in [1.807, 2.05) is 0 Å². The highest BCUT2D eigenvalue weighted by Gasteiger charge is 2.36. The Hall–Kier alpha value is -2.80. The fourth-order valence-electron chi connectivity index (χ4n) is 2.77. The van der Waals surface area contributed by atoms with Crippen molar-refractivity contribution >= 4 is 0 Å². The standard InChI is InChI=1S/C16H16O7/c1-22-15-12(20)5-11(19)13-14(21)8(6-23-16(13)15)7-2-3-9(17)10(18)4-7/h2-5,8,14,17-21H,6H2,1H3. The molecule has 23 heavy (non-hydrogen) atoms. The first-order valence-corrected chi connectivity index (χ1v) is 6.89. The molecular weight excluding hydrogens is 304 g/mol. The lowest BCUT2D eigenvalue weighted by atomic mass is 9.86. The van der Waals surface area contributed by atoms with Crippen LogP contribution in [0.2, 0.25) is 0 Å². The van der Waals surface area contributed by atoms with Crippen molar-refractivity contribution in [2.45, 2.75) is 12.0 Å². The van der Waals surface area contributed by atoms with Gasteiger partial charge in [-0.05, 0) is 17.7 Å². The highest BCUT2D eigenvalue weighted by atomic mass is 16.5. The van der Waals surface area contributed by atoms with Gasteiger partial charge in [-0.3, -0.25) is 0 Å². The molecule has 1 heterocycles. The average Bonchev–Trinajstić information content (AvgIpc) is 2.50. The molecule has 0 saturated carbocycles. The van der Waals surface area contributed by atoms with E-state index in [9.17, 15) is 25.5 Å². The number of aromatic hydroxyl groups is 4. The van der Waals surface area contributed by atoms with Gasteiger partial charge in [0.25, 0.3) is 0 Å². The summed E-state index contributed by atoms with van der Waals surface area (Å²) in [5.74, 6) is -1.66. The molecule has 3 rings (SSSR count). The monoisotopic (exact) mass is 320 g/mol. The zero-order chi connectivity index (χ0) is 16.7. The van der Waals surface area contributed by atoms with Gasteiger partial charge in [-0.15, -0.1) is 0 Å². The second-order valence-corrected chi connectivity index (χ2v) is 5.30. The van der Waals surface area contributed by atoms with Crippen molar-refractivity contribution < 1.29 is 35.0 Å². The van der Waals surface area contributed by atoms with Crippen LogP contribution >= 0.6 is 0 Å². The molecule has 2 aromatic rings. The van der Waals surface area contributed by atoms with Crippen LogP contribution in [0.25, 0.3) is 0 Å². The number of aliphatic hydroxyl groups excluding tert-OH is 1. The molecule has 5 N–H and O–H groups in total. The van der Waals surface area contributed by atoms with Crippen molar-refractivity contribution in [2.75, 3.05) is 13.7 Å². The highest BCUT2D eigenvalue weighted by Crippen LogP contribution is 2.52. The Labute approximate surface area is 131 Å². The summed E-state index contributed by atoms with van der Waals surface area (Å²) >= 11 is 0. The van der Waals surface area contributed by atoms with E-state index in [0.717, 1.165) is 6.07 Å². The number of rotatable bonds is 2. The van der Waals surface area contributed by atoms with Crippen LogP contribution in [0.4, 0.5) is 0 Å². The maximum absolute atomic E-state index is 10.6. The number of hydrogen-bond acceptors (Lipinski definition) is 7. The molecule has 1 aliphatic heterocycles. The van der Waals surface area contributed by atoms with Crippen LogP contribution in [0.15, 0.2) is 24.3 Å². The Balaban J connectivity index is 2.07. The summed E-state index contributed by atoms with van der Waals surface area (Å²) < 4.78 is 10.6. The Morgan fingerprint density at radius 2 is 1.74 bits per heavy atom. The zero-order valence-corrected chi connectivity index (χ0v) is 12.2. The number of phenols is 4. The van der Waals surface area contributed by atoms with Crippen LogP contribution in [0.3, 0.4) is 0 Å². The number of fused-ring (bicyclic) bond motifs is 1. The second-order valence-electron chi connectivity index (χ2n) is 5.30. The van der Waals surface area contributed by atoms with Crippen molar-refractivity contribution in [1.82, 2.24) is 0 Å². The zero-order valence-electron chi connectivity index (χ0n) is 12.2. The SMILES string of the molecule is COc1c(O)cc(O)c2c1OCC(c1ccc(O)c(O)c1)C2O. The molecule has 2 atom stereocenters. The normalized spacial score (nSPS) is 19.7. The largest absolute Gasteiger partial charge is 0.507 e. The van der Waals surface area contributed by atoms with E-state index < -0.39 is 12.0 Å². The van der Waals surface area contributed by atoms with Gasteiger partial charge in [-0.25, -0.2) is 0 Å². The van der Waals surface area contributed by atoms with Gasteiger partial charge < -0.3 is 35.0 Å². The van der Waals surface area contributed by atoms with Crippen molar-refractivity contribution in [3.8, 4) is 34.5 Å². The van der Waals surface area contributed by atoms with E-state index in [4.69, 9.17) is 9.47 Å². The molecule has 7 heteroatoms. The van der Waals surface area contributed by atoms with Crippen LogP contribution in [-0.4, -0.2) is 39.2 Å². The number of ether oxygens (including phenoxy) is 2. The third-order valence-electron chi connectivity index (χ3n) is 3.95. The molecule has 0 amide bonds. The fraction of sp³-hybridized carbons (Fsp3) is 0.250. The first-order valence-electron chi connectivity index (χ1n) is 6.89. The van der Waals surface area contributed by atoms with Crippen LogP contribution in [0, 0.1) is 0 Å². The molecule has 0 aliphatic carbocycles. The van der Waals surface area contributed by atoms with Gasteiger partial charge >= 0.3 is 0 Å². The van der Waals surface area contributed by atoms with Gasteiger partial charge in [-0.1, -0.05) is 6.07 Å². The number of benzene rings is 2. The summed E-state index contributed by atoms with van der Waals surface area (Å²) in [4.78, 5) is 0. The van der Waals surface area contributed by atoms with Crippen molar-refractivity contribution in [2.24, 2.45) is 0 Å². The van der Waals surface area contributed by atoms with Crippen LogP contribution in [-0.2, 0) is 0 Å². The van der Waals surface area contributed by atoms with Gasteiger partial charge in [0, 0.05) is 12.0 Å². The third-order valence-corrected chi connectivity index (χ3v) is 3.95. The van der Waals surface area contributed by atoms with E-state index in [1.54, 1.807) is 6.07 Å². The summed E-state index contributed by atoms with van der Waals surface area (Å²) in [5, 5.41) is 49.4.